The molecule has 3 rings (SSSR count). The smallest absolute Gasteiger partial charge is 0.312 e. The highest BCUT2D eigenvalue weighted by Gasteiger charge is 2.54. The molecule has 3 nitrogen and oxygen atoms in total. The number of ether oxygens (including phenoxy) is 1. The van der Waals surface area contributed by atoms with Gasteiger partial charge in [0.25, 0.3) is 0 Å². The van der Waals surface area contributed by atoms with Gasteiger partial charge in [0.15, 0.2) is 0 Å². The quantitative estimate of drug-likeness (QED) is 0.795. The van der Waals surface area contributed by atoms with Crippen LogP contribution < -0.4 is 0 Å². The van der Waals surface area contributed by atoms with Crippen LogP contribution in [0.1, 0.15) is 69.6 Å². The minimum atomic E-state index is -0.512. The molecule has 0 spiro atoms. The number of carbonyl (C=O) groups is 1. The Labute approximate surface area is 144 Å². The highest BCUT2D eigenvalue weighted by atomic mass is 16.5. The largest absolute Gasteiger partial charge is 0.508 e. The second-order valence-electron chi connectivity index (χ2n) is 8.17. The van der Waals surface area contributed by atoms with E-state index < -0.39 is 5.41 Å². The summed E-state index contributed by atoms with van der Waals surface area (Å²) in [5, 5.41) is 10.5. The van der Waals surface area contributed by atoms with Crippen molar-refractivity contribution in [1.29, 1.82) is 0 Å². The molecule has 0 heterocycles. The van der Waals surface area contributed by atoms with Crippen LogP contribution in [0.5, 0.6) is 5.75 Å². The first kappa shape index (κ1) is 17.1. The number of rotatable bonds is 2. The van der Waals surface area contributed by atoms with E-state index in [1.54, 1.807) is 0 Å². The molecule has 0 amide bonds. The molecule has 0 bridgehead atoms. The van der Waals surface area contributed by atoms with Crippen molar-refractivity contribution in [2.75, 3.05) is 7.11 Å². The number of esters is 1. The molecule has 1 saturated carbocycles. The Morgan fingerprint density at radius 2 is 2.00 bits per heavy atom. The van der Waals surface area contributed by atoms with Crippen molar-refractivity contribution < 1.29 is 14.6 Å². The van der Waals surface area contributed by atoms with E-state index in [1.807, 2.05) is 13.0 Å². The van der Waals surface area contributed by atoms with Gasteiger partial charge in [0.1, 0.15) is 5.75 Å². The number of phenols is 1. The molecule has 0 radical (unpaired) electrons. The molecule has 3 heteroatoms. The van der Waals surface area contributed by atoms with Gasteiger partial charge in [-0.25, -0.2) is 0 Å². The highest BCUT2D eigenvalue weighted by molar-refractivity contribution is 5.79. The molecule has 24 heavy (non-hydrogen) atoms. The van der Waals surface area contributed by atoms with Crippen LogP contribution in [0, 0.1) is 11.3 Å². The van der Waals surface area contributed by atoms with Crippen molar-refractivity contribution in [1.82, 2.24) is 0 Å². The van der Waals surface area contributed by atoms with Crippen LogP contribution in [0.25, 0.3) is 6.08 Å². The van der Waals surface area contributed by atoms with Crippen LogP contribution in [0.3, 0.4) is 0 Å². The molecule has 1 N–H and O–H groups in total. The molecule has 130 valence electrons. The standard InChI is InChI=1S/C21H28O3/c1-13(2)15-11-14-7-8-18-20(3,16(14)12-17(15)22)9-6-10-21(18,4)19(23)24-5/h7-8,11-13,18,22H,6,9-10H2,1-5H3/t18-,20-,21+/m1/s1. The molecular formula is C21H28O3. The van der Waals surface area contributed by atoms with Gasteiger partial charge in [-0.05, 0) is 54.5 Å². The van der Waals surface area contributed by atoms with Gasteiger partial charge in [0.2, 0.25) is 0 Å². The average Bonchev–Trinajstić information content (AvgIpc) is 2.53. The van der Waals surface area contributed by atoms with Gasteiger partial charge < -0.3 is 9.84 Å². The average molecular weight is 328 g/mol. The van der Waals surface area contributed by atoms with Gasteiger partial charge in [-0.3, -0.25) is 4.79 Å². The van der Waals surface area contributed by atoms with Crippen LogP contribution in [-0.2, 0) is 14.9 Å². The SMILES string of the molecule is COC(=O)[C@@]1(C)CCC[C@]2(C)c3cc(O)c(C(C)C)cc3C=C[C@@H]12. The third-order valence-corrected chi connectivity index (χ3v) is 6.32. The summed E-state index contributed by atoms with van der Waals surface area (Å²) in [6.45, 7) is 8.44. The number of aromatic hydroxyl groups is 1. The van der Waals surface area contributed by atoms with Crippen molar-refractivity contribution in [3.8, 4) is 5.75 Å². The van der Waals surface area contributed by atoms with Crippen molar-refractivity contribution in [3.63, 3.8) is 0 Å². The van der Waals surface area contributed by atoms with Crippen molar-refractivity contribution in [2.24, 2.45) is 11.3 Å². The van der Waals surface area contributed by atoms with Crippen molar-refractivity contribution in [2.45, 2.75) is 58.3 Å². The fraction of sp³-hybridized carbons (Fsp3) is 0.571. The predicted octanol–water partition coefficient (Wildman–Crippen LogP) is 4.78. The molecule has 0 unspecified atom stereocenters. The molecule has 2 aliphatic rings. The maximum atomic E-state index is 12.5. The summed E-state index contributed by atoms with van der Waals surface area (Å²) in [6, 6.07) is 4.04. The summed E-state index contributed by atoms with van der Waals surface area (Å²) in [7, 11) is 1.47. The summed E-state index contributed by atoms with van der Waals surface area (Å²) < 4.78 is 5.13. The third-order valence-electron chi connectivity index (χ3n) is 6.32. The third kappa shape index (κ3) is 2.28. The highest BCUT2D eigenvalue weighted by Crippen LogP contribution is 2.57. The van der Waals surface area contributed by atoms with Crippen LogP contribution in [0.15, 0.2) is 18.2 Å². The number of methoxy groups -OCH3 is 1. The second kappa shape index (κ2) is 5.65. The van der Waals surface area contributed by atoms with Crippen molar-refractivity contribution in [3.05, 3.63) is 34.9 Å². The zero-order valence-electron chi connectivity index (χ0n) is 15.3. The Hall–Kier alpha value is -1.77. The number of phenolic OH excluding ortho intramolecular Hbond substituents is 1. The molecule has 0 aliphatic heterocycles. The number of carbonyl (C=O) groups excluding carboxylic acids is 1. The molecule has 1 aromatic carbocycles. The van der Waals surface area contributed by atoms with E-state index >= 15 is 0 Å². The van der Waals surface area contributed by atoms with Gasteiger partial charge in [-0.15, -0.1) is 0 Å². The lowest BCUT2D eigenvalue weighted by Crippen LogP contribution is -2.50. The molecule has 0 aromatic heterocycles. The van der Waals surface area contributed by atoms with E-state index in [0.717, 1.165) is 30.4 Å². The number of allylic oxidation sites excluding steroid dienone is 1. The predicted molar refractivity (Wildman–Crippen MR) is 96.0 cm³/mol. The summed E-state index contributed by atoms with van der Waals surface area (Å²) >= 11 is 0. The summed E-state index contributed by atoms with van der Waals surface area (Å²) in [5.41, 5.74) is 2.64. The Bertz CT molecular complexity index is 703. The van der Waals surface area contributed by atoms with Crippen LogP contribution >= 0.6 is 0 Å². The fourth-order valence-electron chi connectivity index (χ4n) is 4.94. The van der Waals surface area contributed by atoms with Gasteiger partial charge in [-0.1, -0.05) is 39.3 Å². The number of hydrogen-bond acceptors (Lipinski definition) is 3. The minimum absolute atomic E-state index is 0.0861. The lowest BCUT2D eigenvalue weighted by molar-refractivity contribution is -0.158. The topological polar surface area (TPSA) is 46.5 Å². The Morgan fingerprint density at radius 1 is 1.29 bits per heavy atom. The van der Waals surface area contributed by atoms with Gasteiger partial charge in [-0.2, -0.15) is 0 Å². The van der Waals surface area contributed by atoms with Crippen LogP contribution in [0.2, 0.25) is 0 Å². The van der Waals surface area contributed by atoms with Gasteiger partial charge >= 0.3 is 5.97 Å². The first-order valence-electron chi connectivity index (χ1n) is 8.88. The fourth-order valence-corrected chi connectivity index (χ4v) is 4.94. The van der Waals surface area contributed by atoms with E-state index in [9.17, 15) is 9.90 Å². The summed E-state index contributed by atoms with van der Waals surface area (Å²) in [5.74, 6) is 0.600. The van der Waals surface area contributed by atoms with E-state index in [4.69, 9.17) is 4.74 Å². The van der Waals surface area contributed by atoms with Crippen molar-refractivity contribution >= 4 is 12.0 Å². The minimum Gasteiger partial charge on any atom is -0.508 e. The lowest BCUT2D eigenvalue weighted by atomic mass is 9.51. The first-order chi connectivity index (χ1) is 11.2. The van der Waals surface area contributed by atoms with E-state index in [-0.39, 0.29) is 23.2 Å². The van der Waals surface area contributed by atoms with Gasteiger partial charge in [0, 0.05) is 11.3 Å². The molecular weight excluding hydrogens is 300 g/mol. The number of fused-ring (bicyclic) bond motifs is 3. The van der Waals surface area contributed by atoms with Gasteiger partial charge in [0.05, 0.1) is 12.5 Å². The van der Waals surface area contributed by atoms with E-state index in [2.05, 4.69) is 39.0 Å². The molecule has 0 saturated heterocycles. The maximum Gasteiger partial charge on any atom is 0.312 e. The monoisotopic (exact) mass is 328 g/mol. The zero-order valence-corrected chi connectivity index (χ0v) is 15.3. The molecule has 3 atom stereocenters. The normalized spacial score (nSPS) is 31.5. The van der Waals surface area contributed by atoms with Crippen LogP contribution in [-0.4, -0.2) is 18.2 Å². The Balaban J connectivity index is 2.15. The zero-order chi connectivity index (χ0) is 17.7. The van der Waals surface area contributed by atoms with E-state index in [1.165, 1.54) is 12.7 Å². The second-order valence-corrected chi connectivity index (χ2v) is 8.17. The Kier molecular flexibility index (Phi) is 4.01. The number of hydrogen-bond donors (Lipinski definition) is 1. The number of benzene rings is 1. The summed E-state index contributed by atoms with van der Waals surface area (Å²) in [4.78, 5) is 12.5. The Morgan fingerprint density at radius 3 is 2.62 bits per heavy atom. The molecule has 1 fully saturated rings. The van der Waals surface area contributed by atoms with Crippen LogP contribution in [0.4, 0.5) is 0 Å². The maximum absolute atomic E-state index is 12.5. The molecule has 1 aromatic rings. The summed E-state index contributed by atoms with van der Waals surface area (Å²) in [6.07, 6.45) is 7.16. The lowest BCUT2D eigenvalue weighted by Gasteiger charge is -2.51. The van der Waals surface area contributed by atoms with E-state index in [0.29, 0.717) is 5.75 Å². The first-order valence-corrected chi connectivity index (χ1v) is 8.88. The molecule has 2 aliphatic carbocycles.